The average Bonchev–Trinajstić information content (AvgIpc) is 2.75. The SMILES string of the molecule is Nc1ccc2c(c1C(=O)O)OC[C@H]1CCCN21. The molecule has 1 fully saturated rings. The van der Waals surface area contributed by atoms with Crippen molar-refractivity contribution >= 4 is 17.3 Å². The Balaban J connectivity index is 2.15. The number of hydrogen-bond acceptors (Lipinski definition) is 4. The third-order valence-electron chi connectivity index (χ3n) is 3.49. The summed E-state index contributed by atoms with van der Waals surface area (Å²) in [5.41, 5.74) is 6.92. The van der Waals surface area contributed by atoms with E-state index < -0.39 is 5.97 Å². The van der Waals surface area contributed by atoms with Crippen LogP contribution in [-0.2, 0) is 0 Å². The van der Waals surface area contributed by atoms with Crippen LogP contribution in [0, 0.1) is 0 Å². The maximum Gasteiger partial charge on any atom is 0.341 e. The number of carboxylic acid groups (broad SMARTS) is 1. The van der Waals surface area contributed by atoms with Gasteiger partial charge in [-0.05, 0) is 25.0 Å². The van der Waals surface area contributed by atoms with E-state index in [1.165, 1.54) is 0 Å². The van der Waals surface area contributed by atoms with Gasteiger partial charge in [-0.15, -0.1) is 0 Å². The van der Waals surface area contributed by atoms with Crippen LogP contribution in [0.25, 0.3) is 0 Å². The second kappa shape index (κ2) is 3.55. The third-order valence-corrected chi connectivity index (χ3v) is 3.49. The highest BCUT2D eigenvalue weighted by Crippen LogP contribution is 2.42. The van der Waals surface area contributed by atoms with Crippen LogP contribution >= 0.6 is 0 Å². The Hall–Kier alpha value is -1.91. The minimum absolute atomic E-state index is 0.0906. The smallest absolute Gasteiger partial charge is 0.341 e. The first-order valence-corrected chi connectivity index (χ1v) is 5.73. The van der Waals surface area contributed by atoms with E-state index in [0.717, 1.165) is 25.1 Å². The van der Waals surface area contributed by atoms with Crippen LogP contribution < -0.4 is 15.4 Å². The minimum Gasteiger partial charge on any atom is -0.488 e. The van der Waals surface area contributed by atoms with Gasteiger partial charge in [0.25, 0.3) is 0 Å². The summed E-state index contributed by atoms with van der Waals surface area (Å²) < 4.78 is 5.61. The maximum atomic E-state index is 11.2. The second-order valence-electron chi connectivity index (χ2n) is 4.48. The molecule has 5 heteroatoms. The normalized spacial score (nSPS) is 21.6. The Bertz CT molecular complexity index is 487. The number of carboxylic acids is 1. The first kappa shape index (κ1) is 10.3. The van der Waals surface area contributed by atoms with Crippen molar-refractivity contribution in [3.63, 3.8) is 0 Å². The molecule has 1 aromatic carbocycles. The molecule has 0 spiro atoms. The quantitative estimate of drug-likeness (QED) is 0.717. The van der Waals surface area contributed by atoms with Crippen molar-refractivity contribution < 1.29 is 14.6 Å². The number of carbonyl (C=O) groups is 1. The number of aromatic carboxylic acids is 1. The predicted octanol–water partition coefficient (Wildman–Crippen LogP) is 1.33. The number of fused-ring (bicyclic) bond motifs is 3. The molecule has 1 saturated heterocycles. The monoisotopic (exact) mass is 234 g/mol. The van der Waals surface area contributed by atoms with Crippen molar-refractivity contribution in [2.24, 2.45) is 0 Å². The van der Waals surface area contributed by atoms with Crippen LogP contribution in [0.15, 0.2) is 12.1 Å². The Kier molecular flexibility index (Phi) is 2.14. The van der Waals surface area contributed by atoms with Gasteiger partial charge < -0.3 is 20.5 Å². The molecule has 5 nitrogen and oxygen atoms in total. The van der Waals surface area contributed by atoms with Gasteiger partial charge >= 0.3 is 5.97 Å². The van der Waals surface area contributed by atoms with Crippen LogP contribution in [-0.4, -0.2) is 30.3 Å². The number of anilines is 2. The van der Waals surface area contributed by atoms with Crippen molar-refractivity contribution in [1.29, 1.82) is 0 Å². The van der Waals surface area contributed by atoms with Crippen molar-refractivity contribution in [1.82, 2.24) is 0 Å². The molecule has 0 radical (unpaired) electrons. The van der Waals surface area contributed by atoms with Crippen molar-refractivity contribution in [3.05, 3.63) is 17.7 Å². The van der Waals surface area contributed by atoms with Gasteiger partial charge in [-0.25, -0.2) is 4.79 Å². The summed E-state index contributed by atoms with van der Waals surface area (Å²) in [6.07, 6.45) is 2.23. The van der Waals surface area contributed by atoms with Crippen LogP contribution in [0.3, 0.4) is 0 Å². The number of nitrogens with two attached hydrogens (primary N) is 1. The molecule has 0 saturated carbocycles. The molecular formula is C12H14N2O3. The lowest BCUT2D eigenvalue weighted by atomic mass is 10.1. The van der Waals surface area contributed by atoms with Gasteiger partial charge in [0, 0.05) is 6.54 Å². The molecule has 90 valence electrons. The lowest BCUT2D eigenvalue weighted by molar-refractivity contribution is 0.0692. The lowest BCUT2D eigenvalue weighted by Gasteiger charge is -2.34. The molecule has 1 aromatic rings. The molecule has 0 bridgehead atoms. The molecule has 0 amide bonds. The summed E-state index contributed by atoms with van der Waals surface area (Å²) in [6, 6.07) is 3.88. The molecule has 2 heterocycles. The Morgan fingerprint density at radius 1 is 1.53 bits per heavy atom. The van der Waals surface area contributed by atoms with E-state index >= 15 is 0 Å². The first-order valence-electron chi connectivity index (χ1n) is 5.73. The zero-order valence-electron chi connectivity index (χ0n) is 9.35. The number of nitrogens with zero attached hydrogens (tertiary/aromatic N) is 1. The summed E-state index contributed by atoms with van der Waals surface area (Å²) in [4.78, 5) is 13.4. The number of benzene rings is 1. The number of ether oxygens (including phenoxy) is 1. The minimum atomic E-state index is -1.03. The van der Waals surface area contributed by atoms with E-state index in [1.54, 1.807) is 6.07 Å². The average molecular weight is 234 g/mol. The number of nitrogen functional groups attached to an aromatic ring is 1. The predicted molar refractivity (Wildman–Crippen MR) is 63.7 cm³/mol. The van der Waals surface area contributed by atoms with E-state index in [2.05, 4.69) is 4.90 Å². The van der Waals surface area contributed by atoms with Crippen molar-refractivity contribution in [2.45, 2.75) is 18.9 Å². The molecular weight excluding hydrogens is 220 g/mol. The largest absolute Gasteiger partial charge is 0.488 e. The fourth-order valence-electron chi connectivity index (χ4n) is 2.69. The topological polar surface area (TPSA) is 75.8 Å². The molecule has 0 aliphatic carbocycles. The molecule has 17 heavy (non-hydrogen) atoms. The van der Waals surface area contributed by atoms with Crippen LogP contribution in [0.5, 0.6) is 5.75 Å². The summed E-state index contributed by atoms with van der Waals surface area (Å²) in [6.45, 7) is 1.51. The summed E-state index contributed by atoms with van der Waals surface area (Å²) in [5, 5.41) is 9.18. The van der Waals surface area contributed by atoms with E-state index in [0.29, 0.717) is 18.4 Å². The molecule has 3 N–H and O–H groups in total. The van der Waals surface area contributed by atoms with Gasteiger partial charge in [-0.1, -0.05) is 0 Å². The molecule has 0 unspecified atom stereocenters. The van der Waals surface area contributed by atoms with E-state index in [-0.39, 0.29) is 11.3 Å². The Morgan fingerprint density at radius 3 is 3.12 bits per heavy atom. The fourth-order valence-corrected chi connectivity index (χ4v) is 2.69. The summed E-state index contributed by atoms with van der Waals surface area (Å²) >= 11 is 0. The van der Waals surface area contributed by atoms with Gasteiger partial charge in [-0.2, -0.15) is 0 Å². The highest BCUT2D eigenvalue weighted by Gasteiger charge is 2.34. The van der Waals surface area contributed by atoms with E-state index in [9.17, 15) is 9.90 Å². The van der Waals surface area contributed by atoms with Crippen LogP contribution in [0.4, 0.5) is 11.4 Å². The van der Waals surface area contributed by atoms with Crippen LogP contribution in [0.2, 0.25) is 0 Å². The number of hydrogen-bond donors (Lipinski definition) is 2. The summed E-state index contributed by atoms with van der Waals surface area (Å²) in [5.74, 6) is -0.604. The van der Waals surface area contributed by atoms with Gasteiger partial charge in [0.1, 0.15) is 12.2 Å². The zero-order chi connectivity index (χ0) is 12.0. The van der Waals surface area contributed by atoms with Gasteiger partial charge in [0.05, 0.1) is 17.4 Å². The van der Waals surface area contributed by atoms with Gasteiger partial charge in [0.15, 0.2) is 5.75 Å². The first-order chi connectivity index (χ1) is 8.18. The highest BCUT2D eigenvalue weighted by atomic mass is 16.5. The lowest BCUT2D eigenvalue weighted by Crippen LogP contribution is -2.38. The number of rotatable bonds is 1. The van der Waals surface area contributed by atoms with Crippen molar-refractivity contribution in [3.8, 4) is 5.75 Å². The van der Waals surface area contributed by atoms with Crippen LogP contribution in [0.1, 0.15) is 23.2 Å². The highest BCUT2D eigenvalue weighted by molar-refractivity contribution is 5.99. The second-order valence-corrected chi connectivity index (χ2v) is 4.48. The zero-order valence-corrected chi connectivity index (χ0v) is 9.35. The maximum absolute atomic E-state index is 11.2. The van der Waals surface area contributed by atoms with E-state index in [4.69, 9.17) is 10.5 Å². The third kappa shape index (κ3) is 1.42. The van der Waals surface area contributed by atoms with Gasteiger partial charge in [-0.3, -0.25) is 0 Å². The molecule has 0 aromatic heterocycles. The Labute approximate surface area is 98.8 Å². The summed E-state index contributed by atoms with van der Waals surface area (Å²) in [7, 11) is 0. The van der Waals surface area contributed by atoms with Gasteiger partial charge in [0.2, 0.25) is 0 Å². The molecule has 2 aliphatic heterocycles. The van der Waals surface area contributed by atoms with E-state index in [1.807, 2.05) is 6.07 Å². The fraction of sp³-hybridized carbons (Fsp3) is 0.417. The Morgan fingerprint density at radius 2 is 2.35 bits per heavy atom. The van der Waals surface area contributed by atoms with Crippen molar-refractivity contribution in [2.75, 3.05) is 23.8 Å². The standard InChI is InChI=1S/C12H14N2O3/c13-8-3-4-9-11(10(8)12(15)16)17-6-7-2-1-5-14(7)9/h3-4,7H,1-2,5-6,13H2,(H,15,16)/t7-/m1/s1. The molecule has 3 rings (SSSR count). The molecule has 1 atom stereocenters. The molecule has 2 aliphatic rings.